The summed E-state index contributed by atoms with van der Waals surface area (Å²) in [7, 11) is 0. The second-order valence-corrected chi connectivity index (χ2v) is 5.10. The van der Waals surface area contributed by atoms with Crippen LogP contribution in [0.25, 0.3) is 0 Å². The molecule has 0 radical (unpaired) electrons. The van der Waals surface area contributed by atoms with Crippen LogP contribution in [0.4, 0.5) is 0 Å². The Morgan fingerprint density at radius 3 is 3.00 bits per heavy atom. The molecule has 0 aliphatic carbocycles. The largest absolute Gasteiger partial charge is 0.296 e. The summed E-state index contributed by atoms with van der Waals surface area (Å²) >= 11 is 1.95. The first-order valence-electron chi connectivity index (χ1n) is 4.47. The van der Waals surface area contributed by atoms with Gasteiger partial charge in [0, 0.05) is 23.7 Å². The normalized spacial score (nSPS) is 26.2. The Morgan fingerprint density at radius 2 is 2.46 bits per heavy atom. The highest BCUT2D eigenvalue weighted by Gasteiger charge is 2.31. The third kappa shape index (κ3) is 2.03. The second kappa shape index (κ2) is 3.31. The smallest absolute Gasteiger partial charge is 0.0809 e. The molecule has 1 unspecified atom stereocenters. The Balaban J connectivity index is 2.13. The predicted molar refractivity (Wildman–Crippen MR) is 56.7 cm³/mol. The number of pyridine rings is 1. The summed E-state index contributed by atoms with van der Waals surface area (Å²) in [6, 6.07) is 4.11. The lowest BCUT2D eigenvalue weighted by Crippen LogP contribution is -2.35. The zero-order valence-electron chi connectivity index (χ0n) is 7.95. The minimum Gasteiger partial charge on any atom is -0.296 e. The van der Waals surface area contributed by atoms with E-state index in [9.17, 15) is 0 Å². The van der Waals surface area contributed by atoms with Gasteiger partial charge in [0.15, 0.2) is 0 Å². The van der Waals surface area contributed by atoms with Crippen LogP contribution in [0.3, 0.4) is 0 Å². The first-order valence-corrected chi connectivity index (χ1v) is 5.51. The summed E-state index contributed by atoms with van der Waals surface area (Å²) in [6.07, 6.45) is 3.75. The highest BCUT2D eigenvalue weighted by atomic mass is 32.2. The zero-order chi connectivity index (χ0) is 9.31. The van der Waals surface area contributed by atoms with Crippen molar-refractivity contribution in [3.05, 3.63) is 30.1 Å². The molecule has 13 heavy (non-hydrogen) atoms. The summed E-state index contributed by atoms with van der Waals surface area (Å²) in [6.45, 7) is 4.47. The number of aromatic nitrogens is 1. The Labute approximate surface area is 83.1 Å². The lowest BCUT2D eigenvalue weighted by Gasteiger charge is -2.18. The average Bonchev–Trinajstić information content (AvgIpc) is 2.48. The quantitative estimate of drug-likeness (QED) is 0.742. The van der Waals surface area contributed by atoms with Crippen molar-refractivity contribution in [3.8, 4) is 0 Å². The molecular formula is C10H14N2S. The molecule has 1 aromatic heterocycles. The van der Waals surface area contributed by atoms with Crippen molar-refractivity contribution in [1.29, 1.82) is 0 Å². The summed E-state index contributed by atoms with van der Waals surface area (Å²) in [5, 5.41) is 3.99. The molecule has 1 N–H and O–H groups in total. The Hall–Kier alpha value is -0.540. The molecule has 0 saturated carbocycles. The number of thioether (sulfide) groups is 1. The minimum absolute atomic E-state index is 0.255. The SMILES string of the molecule is CC1(C)CSC(c2cccnc2)N1. The summed E-state index contributed by atoms with van der Waals surface area (Å²) in [5.74, 6) is 1.16. The molecule has 70 valence electrons. The molecule has 2 rings (SSSR count). The van der Waals surface area contributed by atoms with Gasteiger partial charge in [-0.25, -0.2) is 0 Å². The minimum atomic E-state index is 0.255. The number of hydrogen-bond acceptors (Lipinski definition) is 3. The number of rotatable bonds is 1. The van der Waals surface area contributed by atoms with E-state index < -0.39 is 0 Å². The lowest BCUT2D eigenvalue weighted by molar-refractivity contribution is 0.451. The fourth-order valence-electron chi connectivity index (χ4n) is 1.44. The van der Waals surface area contributed by atoms with Crippen molar-refractivity contribution in [2.45, 2.75) is 24.8 Å². The molecule has 1 saturated heterocycles. The molecule has 1 aliphatic heterocycles. The molecule has 0 aromatic carbocycles. The van der Waals surface area contributed by atoms with E-state index in [2.05, 4.69) is 30.2 Å². The monoisotopic (exact) mass is 194 g/mol. The van der Waals surface area contributed by atoms with Crippen molar-refractivity contribution in [2.24, 2.45) is 0 Å². The van der Waals surface area contributed by atoms with Gasteiger partial charge < -0.3 is 0 Å². The van der Waals surface area contributed by atoms with Crippen LogP contribution in [0.15, 0.2) is 24.5 Å². The molecule has 3 heteroatoms. The second-order valence-electron chi connectivity index (χ2n) is 4.01. The van der Waals surface area contributed by atoms with Gasteiger partial charge in [0.25, 0.3) is 0 Å². The maximum absolute atomic E-state index is 4.12. The molecule has 0 spiro atoms. The van der Waals surface area contributed by atoms with E-state index in [0.29, 0.717) is 5.37 Å². The van der Waals surface area contributed by atoms with Gasteiger partial charge in [0.1, 0.15) is 0 Å². The van der Waals surface area contributed by atoms with Crippen LogP contribution in [-0.2, 0) is 0 Å². The maximum atomic E-state index is 4.12. The highest BCUT2D eigenvalue weighted by Crippen LogP contribution is 2.36. The standard InChI is InChI=1S/C10H14N2S/c1-10(2)7-13-9(12-10)8-4-3-5-11-6-8/h3-6,9,12H,7H2,1-2H3. The lowest BCUT2D eigenvalue weighted by atomic mass is 10.1. The number of nitrogens with zero attached hydrogens (tertiary/aromatic N) is 1. The van der Waals surface area contributed by atoms with Gasteiger partial charge >= 0.3 is 0 Å². The number of nitrogens with one attached hydrogen (secondary N) is 1. The van der Waals surface area contributed by atoms with Crippen molar-refractivity contribution in [1.82, 2.24) is 10.3 Å². The van der Waals surface area contributed by atoms with E-state index in [1.165, 1.54) is 5.56 Å². The van der Waals surface area contributed by atoms with E-state index in [1.807, 2.05) is 30.2 Å². The van der Waals surface area contributed by atoms with Gasteiger partial charge in [-0.05, 0) is 25.5 Å². The van der Waals surface area contributed by atoms with E-state index in [-0.39, 0.29) is 5.54 Å². The van der Waals surface area contributed by atoms with Crippen LogP contribution in [-0.4, -0.2) is 16.3 Å². The van der Waals surface area contributed by atoms with E-state index in [1.54, 1.807) is 0 Å². The molecule has 2 heterocycles. The molecule has 0 amide bonds. The molecule has 1 atom stereocenters. The fourth-order valence-corrected chi connectivity index (χ4v) is 2.84. The molecule has 0 bridgehead atoms. The van der Waals surface area contributed by atoms with Crippen LogP contribution in [0.5, 0.6) is 0 Å². The Kier molecular flexibility index (Phi) is 2.30. The fraction of sp³-hybridized carbons (Fsp3) is 0.500. The summed E-state index contributed by atoms with van der Waals surface area (Å²) < 4.78 is 0. The van der Waals surface area contributed by atoms with Crippen LogP contribution in [0.2, 0.25) is 0 Å². The van der Waals surface area contributed by atoms with Gasteiger partial charge in [-0.1, -0.05) is 6.07 Å². The van der Waals surface area contributed by atoms with Gasteiger partial charge in [-0.3, -0.25) is 10.3 Å². The van der Waals surface area contributed by atoms with Crippen LogP contribution >= 0.6 is 11.8 Å². The average molecular weight is 194 g/mol. The third-order valence-corrected chi connectivity index (χ3v) is 3.73. The van der Waals surface area contributed by atoms with E-state index >= 15 is 0 Å². The van der Waals surface area contributed by atoms with Gasteiger partial charge in [0.2, 0.25) is 0 Å². The van der Waals surface area contributed by atoms with Gasteiger partial charge in [-0.2, -0.15) is 0 Å². The van der Waals surface area contributed by atoms with Crippen molar-refractivity contribution < 1.29 is 0 Å². The third-order valence-electron chi connectivity index (χ3n) is 2.12. The molecule has 1 fully saturated rings. The summed E-state index contributed by atoms with van der Waals surface area (Å²) in [5.41, 5.74) is 1.53. The van der Waals surface area contributed by atoms with Crippen molar-refractivity contribution in [3.63, 3.8) is 0 Å². The van der Waals surface area contributed by atoms with Crippen LogP contribution < -0.4 is 5.32 Å². The van der Waals surface area contributed by atoms with Gasteiger partial charge in [0.05, 0.1) is 5.37 Å². The molecule has 1 aliphatic rings. The number of hydrogen-bond donors (Lipinski definition) is 1. The van der Waals surface area contributed by atoms with E-state index in [4.69, 9.17) is 0 Å². The zero-order valence-corrected chi connectivity index (χ0v) is 8.77. The predicted octanol–water partition coefficient (Wildman–Crippen LogP) is 2.20. The van der Waals surface area contributed by atoms with Crippen LogP contribution in [0, 0.1) is 0 Å². The van der Waals surface area contributed by atoms with Crippen LogP contribution in [0.1, 0.15) is 24.8 Å². The molecule has 1 aromatic rings. The molecule has 2 nitrogen and oxygen atoms in total. The maximum Gasteiger partial charge on any atom is 0.0809 e. The molecular weight excluding hydrogens is 180 g/mol. The Morgan fingerprint density at radius 1 is 1.62 bits per heavy atom. The Bertz CT molecular complexity index is 284. The first kappa shape index (κ1) is 9.03. The van der Waals surface area contributed by atoms with Gasteiger partial charge in [-0.15, -0.1) is 11.8 Å². The summed E-state index contributed by atoms with van der Waals surface area (Å²) in [4.78, 5) is 4.12. The van der Waals surface area contributed by atoms with Crippen molar-refractivity contribution >= 4 is 11.8 Å². The topological polar surface area (TPSA) is 24.9 Å². The first-order chi connectivity index (χ1) is 6.17. The van der Waals surface area contributed by atoms with Crippen molar-refractivity contribution in [2.75, 3.05) is 5.75 Å². The van der Waals surface area contributed by atoms with E-state index in [0.717, 1.165) is 5.75 Å². The highest BCUT2D eigenvalue weighted by molar-refractivity contribution is 7.99.